The van der Waals surface area contributed by atoms with Crippen molar-refractivity contribution < 1.29 is 14.1 Å². The first-order valence-electron chi connectivity index (χ1n) is 3.13. The Morgan fingerprint density at radius 2 is 2.50 bits per heavy atom. The van der Waals surface area contributed by atoms with Gasteiger partial charge in [0.1, 0.15) is 0 Å². The number of hydrogen-bond acceptors (Lipinski definition) is 5. The molecule has 0 spiro atoms. The van der Waals surface area contributed by atoms with Gasteiger partial charge < -0.3 is 15.0 Å². The Labute approximate surface area is 77.0 Å². The first-order valence-corrected chi connectivity index (χ1v) is 3.92. The quantitative estimate of drug-likeness (QED) is 0.762. The zero-order chi connectivity index (χ0) is 9.14. The summed E-state index contributed by atoms with van der Waals surface area (Å²) in [5.41, 5.74) is 5.40. The highest BCUT2D eigenvalue weighted by atomic mass is 79.9. The number of rotatable bonds is 2. The molecule has 5 nitrogen and oxygen atoms in total. The lowest BCUT2D eigenvalue weighted by atomic mass is 10.3. The SMILES string of the molecule is COC(=O)c1noc(CN)c1Br. The Kier molecular flexibility index (Phi) is 2.83. The van der Waals surface area contributed by atoms with E-state index in [2.05, 4.69) is 25.8 Å². The Morgan fingerprint density at radius 1 is 1.83 bits per heavy atom. The number of halogens is 1. The van der Waals surface area contributed by atoms with Crippen molar-refractivity contribution >= 4 is 21.9 Å². The van der Waals surface area contributed by atoms with Crippen LogP contribution in [0.25, 0.3) is 0 Å². The summed E-state index contributed by atoms with van der Waals surface area (Å²) >= 11 is 3.12. The number of ether oxygens (including phenoxy) is 1. The van der Waals surface area contributed by atoms with Gasteiger partial charge in [-0.3, -0.25) is 0 Å². The summed E-state index contributed by atoms with van der Waals surface area (Å²) in [4.78, 5) is 10.9. The van der Waals surface area contributed by atoms with Gasteiger partial charge in [0.25, 0.3) is 0 Å². The molecule has 2 N–H and O–H groups in total. The Balaban J connectivity index is 3.02. The highest BCUT2D eigenvalue weighted by Gasteiger charge is 2.19. The highest BCUT2D eigenvalue weighted by molar-refractivity contribution is 9.10. The molecule has 0 unspecified atom stereocenters. The maximum absolute atomic E-state index is 10.9. The number of nitrogens with zero attached hydrogens (tertiary/aromatic N) is 1. The van der Waals surface area contributed by atoms with Gasteiger partial charge in [-0.1, -0.05) is 5.16 Å². The van der Waals surface area contributed by atoms with Crippen LogP contribution in [0.2, 0.25) is 0 Å². The third kappa shape index (κ3) is 1.49. The second-order valence-corrected chi connectivity index (χ2v) is 2.76. The van der Waals surface area contributed by atoms with E-state index in [4.69, 9.17) is 10.3 Å². The third-order valence-corrected chi connectivity index (χ3v) is 2.08. The molecule has 0 atom stereocenters. The topological polar surface area (TPSA) is 78.3 Å². The van der Waals surface area contributed by atoms with Crippen molar-refractivity contribution in [3.05, 3.63) is 15.9 Å². The summed E-state index contributed by atoms with van der Waals surface area (Å²) in [6.45, 7) is 0.185. The Morgan fingerprint density at radius 3 is 2.92 bits per heavy atom. The number of nitrogens with two attached hydrogens (primary N) is 1. The van der Waals surface area contributed by atoms with E-state index in [1.165, 1.54) is 7.11 Å². The molecule has 0 aliphatic carbocycles. The van der Waals surface area contributed by atoms with Crippen LogP contribution in [0.1, 0.15) is 16.2 Å². The predicted octanol–water partition coefficient (Wildman–Crippen LogP) is 0.682. The highest BCUT2D eigenvalue weighted by Crippen LogP contribution is 2.21. The first-order chi connectivity index (χ1) is 5.70. The number of hydrogen-bond donors (Lipinski definition) is 1. The molecular formula is C6H7BrN2O3. The molecule has 1 rings (SSSR count). The third-order valence-electron chi connectivity index (χ3n) is 1.26. The smallest absolute Gasteiger partial charge is 0.361 e. The molecule has 0 aromatic carbocycles. The standard InChI is InChI=1S/C6H7BrN2O3/c1-11-6(10)5-4(7)3(2-8)12-9-5/h2,8H2,1H3. The average Bonchev–Trinajstić information content (AvgIpc) is 2.45. The maximum atomic E-state index is 10.9. The monoisotopic (exact) mass is 234 g/mol. The molecule has 0 saturated heterocycles. The van der Waals surface area contributed by atoms with Crippen molar-refractivity contribution in [3.63, 3.8) is 0 Å². The van der Waals surface area contributed by atoms with Gasteiger partial charge in [0.15, 0.2) is 5.76 Å². The molecule has 0 fully saturated rings. The van der Waals surface area contributed by atoms with Gasteiger partial charge >= 0.3 is 5.97 Å². The molecule has 0 saturated carbocycles. The van der Waals surface area contributed by atoms with E-state index in [-0.39, 0.29) is 12.2 Å². The van der Waals surface area contributed by atoms with Crippen LogP contribution in [0.4, 0.5) is 0 Å². The van der Waals surface area contributed by atoms with Crippen LogP contribution in [-0.2, 0) is 11.3 Å². The van der Waals surface area contributed by atoms with E-state index in [0.717, 1.165) is 0 Å². The maximum Gasteiger partial charge on any atom is 0.361 e. The van der Waals surface area contributed by atoms with E-state index in [1.807, 2.05) is 0 Å². The molecule has 6 heteroatoms. The van der Waals surface area contributed by atoms with E-state index in [0.29, 0.717) is 10.2 Å². The zero-order valence-corrected chi connectivity index (χ0v) is 7.92. The van der Waals surface area contributed by atoms with Crippen molar-refractivity contribution in [2.24, 2.45) is 5.73 Å². The minimum atomic E-state index is -0.551. The summed E-state index contributed by atoms with van der Waals surface area (Å²) in [6, 6.07) is 0. The lowest BCUT2D eigenvalue weighted by Crippen LogP contribution is -2.02. The van der Waals surface area contributed by atoms with Crippen LogP contribution < -0.4 is 5.73 Å². The van der Waals surface area contributed by atoms with Gasteiger partial charge in [0, 0.05) is 0 Å². The summed E-state index contributed by atoms with van der Waals surface area (Å²) < 4.78 is 9.64. The molecule has 0 bridgehead atoms. The van der Waals surface area contributed by atoms with Crippen LogP contribution in [0.3, 0.4) is 0 Å². The predicted molar refractivity (Wildman–Crippen MR) is 43.4 cm³/mol. The molecule has 0 aliphatic heterocycles. The molecule has 1 heterocycles. The normalized spacial score (nSPS) is 9.92. The zero-order valence-electron chi connectivity index (χ0n) is 6.33. The van der Waals surface area contributed by atoms with Crippen LogP contribution in [-0.4, -0.2) is 18.2 Å². The Hall–Kier alpha value is -0.880. The van der Waals surface area contributed by atoms with Gasteiger partial charge in [0.05, 0.1) is 18.1 Å². The van der Waals surface area contributed by atoms with E-state index >= 15 is 0 Å². The second-order valence-electron chi connectivity index (χ2n) is 1.96. The number of methoxy groups -OCH3 is 1. The number of aromatic nitrogens is 1. The van der Waals surface area contributed by atoms with Gasteiger partial charge in [0.2, 0.25) is 5.69 Å². The van der Waals surface area contributed by atoms with Crippen molar-refractivity contribution in [1.82, 2.24) is 5.16 Å². The lowest BCUT2D eigenvalue weighted by molar-refractivity contribution is 0.0588. The minimum Gasteiger partial charge on any atom is -0.464 e. The fourth-order valence-corrected chi connectivity index (χ4v) is 1.13. The summed E-state index contributed by atoms with van der Waals surface area (Å²) in [5, 5.41) is 3.48. The fraction of sp³-hybridized carbons (Fsp3) is 0.333. The minimum absolute atomic E-state index is 0.109. The van der Waals surface area contributed by atoms with Crippen molar-refractivity contribution in [2.45, 2.75) is 6.54 Å². The molecule has 66 valence electrons. The van der Waals surface area contributed by atoms with Gasteiger partial charge in [-0.2, -0.15) is 0 Å². The molecule has 0 amide bonds. The summed E-state index contributed by atoms with van der Waals surface area (Å²) in [6.07, 6.45) is 0. The van der Waals surface area contributed by atoms with Crippen LogP contribution >= 0.6 is 15.9 Å². The number of carbonyl (C=O) groups excluding carboxylic acids is 1. The molecular weight excluding hydrogens is 228 g/mol. The summed E-state index contributed by atoms with van der Waals surface area (Å²) in [5.74, 6) is -0.124. The fourth-order valence-electron chi connectivity index (χ4n) is 0.663. The summed E-state index contributed by atoms with van der Waals surface area (Å²) in [7, 11) is 1.27. The molecule has 0 radical (unpaired) electrons. The molecule has 1 aromatic rings. The van der Waals surface area contributed by atoms with E-state index < -0.39 is 5.97 Å². The van der Waals surface area contributed by atoms with Crippen molar-refractivity contribution in [2.75, 3.05) is 7.11 Å². The lowest BCUT2D eigenvalue weighted by Gasteiger charge is -1.92. The van der Waals surface area contributed by atoms with Gasteiger partial charge in [-0.05, 0) is 15.9 Å². The number of esters is 1. The molecule has 0 aliphatic rings. The van der Waals surface area contributed by atoms with E-state index in [9.17, 15) is 4.79 Å². The number of carbonyl (C=O) groups is 1. The first kappa shape index (κ1) is 9.21. The largest absolute Gasteiger partial charge is 0.464 e. The van der Waals surface area contributed by atoms with Crippen LogP contribution in [0.15, 0.2) is 9.00 Å². The van der Waals surface area contributed by atoms with Gasteiger partial charge in [-0.15, -0.1) is 0 Å². The van der Waals surface area contributed by atoms with Crippen LogP contribution in [0.5, 0.6) is 0 Å². The molecule has 1 aromatic heterocycles. The Bertz CT molecular complexity index is 297. The van der Waals surface area contributed by atoms with Crippen LogP contribution in [0, 0.1) is 0 Å². The average molecular weight is 235 g/mol. The van der Waals surface area contributed by atoms with Gasteiger partial charge in [-0.25, -0.2) is 4.79 Å². The van der Waals surface area contributed by atoms with Crippen molar-refractivity contribution in [3.8, 4) is 0 Å². The second kappa shape index (κ2) is 3.68. The molecule has 12 heavy (non-hydrogen) atoms. The van der Waals surface area contributed by atoms with E-state index in [1.54, 1.807) is 0 Å². The van der Waals surface area contributed by atoms with Crippen molar-refractivity contribution in [1.29, 1.82) is 0 Å².